The van der Waals surface area contributed by atoms with Crippen molar-refractivity contribution in [1.82, 2.24) is 15.5 Å². The molecule has 4 aliphatic heterocycles. The molecule has 3 aromatic rings. The molecule has 0 spiro atoms. The van der Waals surface area contributed by atoms with Crippen LogP contribution in [0.2, 0.25) is 0 Å². The summed E-state index contributed by atoms with van der Waals surface area (Å²) in [6, 6.07) is 8.32. The van der Waals surface area contributed by atoms with Crippen molar-refractivity contribution in [2.24, 2.45) is 5.92 Å². The van der Waals surface area contributed by atoms with Gasteiger partial charge in [-0.2, -0.15) is 4.58 Å². The summed E-state index contributed by atoms with van der Waals surface area (Å²) < 4.78 is 41.5. The Morgan fingerprint density at radius 3 is 2.06 bits per heavy atom. The van der Waals surface area contributed by atoms with Gasteiger partial charge in [0, 0.05) is 43.3 Å². The number of amides is 7. The molecule has 0 unspecified atom stereocenters. The number of alkyl carbamates (subject to hydrolysis) is 1. The van der Waals surface area contributed by atoms with Crippen molar-refractivity contribution in [2.75, 3.05) is 62.2 Å². The molecule has 5 atom stereocenters. The Labute approximate surface area is 457 Å². The Morgan fingerprint density at radius 2 is 1.46 bits per heavy atom. The third kappa shape index (κ3) is 13.1. The van der Waals surface area contributed by atoms with Gasteiger partial charge in [0.1, 0.15) is 36.5 Å². The molecule has 2 saturated heterocycles. The number of benzene rings is 3. The van der Waals surface area contributed by atoms with Gasteiger partial charge < -0.3 is 64.2 Å². The Morgan fingerprint density at radius 1 is 0.823 bits per heavy atom. The number of nitrogens with one attached hydrogen (secondary N) is 3. The molecule has 79 heavy (non-hydrogen) atoms. The summed E-state index contributed by atoms with van der Waals surface area (Å²) in [7, 11) is 2.79. The minimum Gasteiger partial charge on any atom is -0.493 e. The van der Waals surface area contributed by atoms with Crippen LogP contribution in [0.15, 0.2) is 85.5 Å². The van der Waals surface area contributed by atoms with Crippen LogP contribution in [0.25, 0.3) is 0 Å². The summed E-state index contributed by atoms with van der Waals surface area (Å²) >= 11 is 0. The molecule has 422 valence electrons. The zero-order chi connectivity index (χ0) is 57.6. The van der Waals surface area contributed by atoms with Crippen molar-refractivity contribution in [3.8, 4) is 23.0 Å². The maximum atomic E-state index is 14.2. The topological polar surface area (TPSA) is 273 Å². The lowest BCUT2D eigenvalue weighted by atomic mass is 10.0. The van der Waals surface area contributed by atoms with Crippen LogP contribution < -0.4 is 44.7 Å². The molecule has 5 N–H and O–H groups in total. The lowest BCUT2D eigenvalue weighted by Crippen LogP contribution is -2.53. The van der Waals surface area contributed by atoms with Gasteiger partial charge in [0.2, 0.25) is 17.9 Å². The Balaban J connectivity index is 1.04. The predicted molar refractivity (Wildman–Crippen MR) is 288 cm³/mol. The van der Waals surface area contributed by atoms with Gasteiger partial charge in [0.05, 0.1) is 50.4 Å². The molecule has 23 nitrogen and oxygen atoms in total. The van der Waals surface area contributed by atoms with Crippen LogP contribution in [0.3, 0.4) is 0 Å². The lowest BCUT2D eigenvalue weighted by Gasteiger charge is -2.31. The standard InChI is InChI=1S/C56H67N7O16/c1-12-18-77-53(70)59-46(30(2)3)48(65)57-33(6)47(64)58-35-16-14-34(15-17-35)29-78-54(71)62-38-25-44(42(73-10)23-36(38)49(66)60-27-31(4)21-40(60)51(62)68)75-19-13-20-76-45-26-39-37(24-43(45)74-11)50(67)61-28-32(5)22-41(61)52(69)63(39)55(72)79-56(7,8)9/h12,14-17,23-26,30,33,40-41,46,51,68H,1,4-5,13,18-22,27-29H2,2-3,6-11H3,(H3,57,58,59,64,65,70)/p+1/t33-,40-,41-,46-,51-/m0/s1. The van der Waals surface area contributed by atoms with E-state index in [0.29, 0.717) is 22.4 Å². The highest BCUT2D eigenvalue weighted by atomic mass is 16.6. The Kier molecular flexibility index (Phi) is 17.9. The Bertz CT molecular complexity index is 2970. The highest BCUT2D eigenvalue weighted by Gasteiger charge is 2.50. The molecule has 0 aliphatic carbocycles. The molecule has 23 heteroatoms. The summed E-state index contributed by atoms with van der Waals surface area (Å²) in [5.74, 6) is -2.22. The fourth-order valence-corrected chi connectivity index (χ4v) is 9.31. The van der Waals surface area contributed by atoms with Crippen LogP contribution in [-0.2, 0) is 35.2 Å². The average molecular weight is 1100 g/mol. The normalized spacial score (nSPS) is 18.5. The summed E-state index contributed by atoms with van der Waals surface area (Å²) in [4.78, 5) is 97.8. The highest BCUT2D eigenvalue weighted by molar-refractivity contribution is 6.18. The van der Waals surface area contributed by atoms with Crippen molar-refractivity contribution >= 4 is 64.9 Å². The number of nitrogens with zero attached hydrogens (tertiary/aromatic N) is 4. The maximum absolute atomic E-state index is 14.2. The number of aliphatic hydroxyl groups excluding tert-OH is 2. The first-order valence-electron chi connectivity index (χ1n) is 25.6. The number of methoxy groups -OCH3 is 2. The van der Waals surface area contributed by atoms with Gasteiger partial charge in [0.15, 0.2) is 35.8 Å². The summed E-state index contributed by atoms with van der Waals surface area (Å²) in [6.45, 7) is 21.5. The smallest absolute Gasteiger partial charge is 0.421 e. The number of ether oxygens (including phenoxy) is 7. The number of rotatable bonds is 18. The van der Waals surface area contributed by atoms with Gasteiger partial charge >= 0.3 is 30.1 Å². The van der Waals surface area contributed by atoms with Gasteiger partial charge in [-0.1, -0.05) is 57.4 Å². The van der Waals surface area contributed by atoms with E-state index in [-0.39, 0.29) is 116 Å². The summed E-state index contributed by atoms with van der Waals surface area (Å²) in [6.07, 6.45) is -2.29. The number of aliphatic hydroxyl groups is 2. The molecule has 4 aliphatic rings. The van der Waals surface area contributed by atoms with E-state index in [9.17, 15) is 43.8 Å². The molecular formula is C56H68N7O16+. The molecular weight excluding hydrogens is 1030 g/mol. The maximum Gasteiger partial charge on any atom is 0.421 e. The molecule has 4 heterocycles. The molecule has 0 saturated carbocycles. The zero-order valence-electron chi connectivity index (χ0n) is 45.5. The lowest BCUT2D eigenvalue weighted by molar-refractivity contribution is -0.534. The molecule has 0 aromatic heterocycles. The van der Waals surface area contributed by atoms with Crippen molar-refractivity contribution < 1.29 is 81.5 Å². The molecule has 0 bridgehead atoms. The highest BCUT2D eigenvalue weighted by Crippen LogP contribution is 2.43. The first-order chi connectivity index (χ1) is 37.4. The second kappa shape index (κ2) is 24.4. The van der Waals surface area contributed by atoms with E-state index in [4.69, 9.17) is 33.2 Å². The van der Waals surface area contributed by atoms with Crippen molar-refractivity contribution in [3.63, 3.8) is 0 Å². The third-order valence-electron chi connectivity index (χ3n) is 13.2. The second-order valence-corrected chi connectivity index (χ2v) is 20.6. The van der Waals surface area contributed by atoms with E-state index in [1.807, 2.05) is 0 Å². The Hall–Kier alpha value is -8.60. The van der Waals surface area contributed by atoms with Gasteiger partial charge in [-0.3, -0.25) is 19.2 Å². The van der Waals surface area contributed by atoms with Crippen LogP contribution in [0, 0.1) is 5.92 Å². The van der Waals surface area contributed by atoms with Crippen LogP contribution in [0.1, 0.15) is 82.3 Å². The second-order valence-electron chi connectivity index (χ2n) is 20.6. The minimum absolute atomic E-state index is 0.00238. The number of hydrogen-bond donors (Lipinski definition) is 5. The number of hydrogen-bond acceptors (Lipinski definition) is 15. The van der Waals surface area contributed by atoms with E-state index in [2.05, 4.69) is 35.7 Å². The molecule has 0 radical (unpaired) electrons. The molecule has 2 fully saturated rings. The molecule has 7 amide bonds. The first kappa shape index (κ1) is 58.1. The summed E-state index contributed by atoms with van der Waals surface area (Å²) in [5, 5.41) is 31.3. The van der Waals surface area contributed by atoms with Gasteiger partial charge in [-0.25, -0.2) is 24.2 Å². The SMILES string of the molecule is C=CCOC(=O)N[C@H](C(=O)N[C@@H](C)C(=O)Nc1ccc(COC(=O)N2c3cc(OCCCOc4cc5c(cc4OC)C(O)=[N+]4CC(=C)C[C@H]4C(=O)N5C(=O)OC(C)(C)C)c(OC)cc3C(=O)N3CC(=C)C[C@H]3[C@@H]2O)cc1)C(C)C. The number of anilines is 3. The number of carbonyl (C=O) groups is 7. The van der Waals surface area contributed by atoms with Crippen molar-refractivity contribution in [1.29, 1.82) is 0 Å². The largest absolute Gasteiger partial charge is 0.493 e. The van der Waals surface area contributed by atoms with E-state index in [1.165, 1.54) is 61.0 Å². The zero-order valence-corrected chi connectivity index (χ0v) is 45.5. The van der Waals surface area contributed by atoms with Crippen LogP contribution in [-0.4, -0.2) is 151 Å². The monoisotopic (exact) mass is 1090 g/mol. The van der Waals surface area contributed by atoms with Gasteiger partial charge in [0.25, 0.3) is 5.91 Å². The van der Waals surface area contributed by atoms with Crippen LogP contribution in [0.5, 0.6) is 23.0 Å². The quantitative estimate of drug-likeness (QED) is 0.0416. The van der Waals surface area contributed by atoms with Crippen LogP contribution in [0.4, 0.5) is 31.4 Å². The first-order valence-corrected chi connectivity index (χ1v) is 25.6. The third-order valence-corrected chi connectivity index (χ3v) is 13.2. The van der Waals surface area contributed by atoms with Crippen molar-refractivity contribution in [3.05, 3.63) is 102 Å². The van der Waals surface area contributed by atoms with E-state index >= 15 is 0 Å². The van der Waals surface area contributed by atoms with Crippen LogP contribution >= 0.6 is 0 Å². The van der Waals surface area contributed by atoms with Crippen molar-refractivity contribution in [2.45, 2.75) is 103 Å². The fraction of sp³-hybridized carbons (Fsp3) is 0.429. The van der Waals surface area contributed by atoms with E-state index in [0.717, 1.165) is 9.80 Å². The molecule has 3 aromatic carbocycles. The predicted octanol–water partition coefficient (Wildman–Crippen LogP) is 6.10. The average Bonchev–Trinajstić information content (AvgIpc) is 4.22. The number of carbonyl (C=O) groups excluding carboxylic acids is 7. The summed E-state index contributed by atoms with van der Waals surface area (Å²) in [5.41, 5.74) is 1.45. The number of fused-ring (bicyclic) bond motifs is 4. The van der Waals surface area contributed by atoms with E-state index < -0.39 is 77.9 Å². The fourth-order valence-electron chi connectivity index (χ4n) is 9.31. The number of imide groups is 1. The minimum atomic E-state index is -1.59. The van der Waals surface area contributed by atoms with Gasteiger partial charge in [-0.15, -0.1) is 0 Å². The van der Waals surface area contributed by atoms with Gasteiger partial charge in [-0.05, 0) is 69.4 Å². The van der Waals surface area contributed by atoms with E-state index in [1.54, 1.807) is 58.9 Å². The molecule has 7 rings (SSSR count).